The van der Waals surface area contributed by atoms with Crippen molar-refractivity contribution in [2.75, 3.05) is 5.73 Å². The van der Waals surface area contributed by atoms with Crippen molar-refractivity contribution in [2.24, 2.45) is 5.73 Å². The number of rotatable bonds is 2. The molecule has 0 saturated heterocycles. The van der Waals surface area contributed by atoms with Crippen LogP contribution in [0.5, 0.6) is 5.75 Å². The van der Waals surface area contributed by atoms with E-state index in [1.54, 1.807) is 0 Å². The average molecular weight is 290 g/mol. The van der Waals surface area contributed by atoms with Crippen molar-refractivity contribution in [3.8, 4) is 5.75 Å². The molecule has 3 nitrogen and oxygen atoms in total. The van der Waals surface area contributed by atoms with E-state index in [0.29, 0.717) is 5.75 Å². The molecule has 0 aliphatic carbocycles. The Morgan fingerprint density at radius 1 is 1.54 bits per heavy atom. The Labute approximate surface area is 90.9 Å². The molecule has 4 N–H and O–H groups in total. The molecule has 13 heavy (non-hydrogen) atoms. The largest absolute Gasteiger partial charge is 0.441 e. The monoisotopic (exact) mass is 290 g/mol. The molecule has 4 heteroatoms. The summed E-state index contributed by atoms with van der Waals surface area (Å²) in [5.74, 6) is 0.817. The number of hydrogen-bond donors (Lipinski definition) is 2. The van der Waals surface area contributed by atoms with Crippen LogP contribution in [0.2, 0.25) is 0 Å². The highest BCUT2D eigenvalue weighted by molar-refractivity contribution is 14.1. The number of benzene rings is 1. The summed E-state index contributed by atoms with van der Waals surface area (Å²) in [6.07, 6.45) is 0. The van der Waals surface area contributed by atoms with E-state index < -0.39 is 0 Å². The lowest BCUT2D eigenvalue weighted by molar-refractivity contribution is 0.420. The van der Waals surface area contributed by atoms with Crippen molar-refractivity contribution in [3.05, 3.63) is 33.7 Å². The minimum absolute atomic E-state index is 0.168. The highest BCUT2D eigenvalue weighted by Gasteiger charge is 2.06. The Kier molecular flexibility index (Phi) is 3.02. The van der Waals surface area contributed by atoms with Crippen LogP contribution in [0, 0.1) is 10.5 Å². The molecule has 0 fully saturated rings. The Morgan fingerprint density at radius 3 is 2.69 bits per heavy atom. The van der Waals surface area contributed by atoms with Crippen molar-refractivity contribution in [1.82, 2.24) is 0 Å². The maximum Gasteiger partial charge on any atom is 0.183 e. The molecule has 0 bridgehead atoms. The van der Waals surface area contributed by atoms with Gasteiger partial charge < -0.3 is 16.2 Å². The Bertz CT molecular complexity index is 350. The first-order valence-corrected chi connectivity index (χ1v) is 4.77. The van der Waals surface area contributed by atoms with Crippen LogP contribution >= 0.6 is 22.6 Å². The average Bonchev–Trinajstić information content (AvgIpc) is 2.06. The van der Waals surface area contributed by atoms with E-state index in [9.17, 15) is 0 Å². The fraction of sp³-hybridized carbons (Fsp3) is 0.111. The second kappa shape index (κ2) is 3.87. The van der Waals surface area contributed by atoms with Gasteiger partial charge in [0.1, 0.15) is 5.75 Å². The van der Waals surface area contributed by atoms with Crippen LogP contribution in [0.4, 0.5) is 5.69 Å². The third-order valence-corrected chi connectivity index (χ3v) is 2.72. The lowest BCUT2D eigenvalue weighted by Gasteiger charge is -2.09. The third kappa shape index (κ3) is 2.27. The number of halogens is 1. The molecule has 0 saturated carbocycles. The molecule has 0 spiro atoms. The zero-order valence-corrected chi connectivity index (χ0v) is 9.46. The summed E-state index contributed by atoms with van der Waals surface area (Å²) < 4.78 is 6.04. The van der Waals surface area contributed by atoms with Crippen LogP contribution in [-0.4, -0.2) is 0 Å². The molecule has 0 radical (unpaired) electrons. The number of hydrogen-bond acceptors (Lipinski definition) is 3. The van der Waals surface area contributed by atoms with Crippen molar-refractivity contribution < 1.29 is 4.74 Å². The van der Waals surface area contributed by atoms with Gasteiger partial charge in [0, 0.05) is 0 Å². The molecule has 0 amide bonds. The minimum Gasteiger partial charge on any atom is -0.441 e. The van der Waals surface area contributed by atoms with Crippen molar-refractivity contribution in [3.63, 3.8) is 0 Å². The number of nitrogens with two attached hydrogens (primary N) is 2. The van der Waals surface area contributed by atoms with Crippen LogP contribution in [0.15, 0.2) is 24.6 Å². The summed E-state index contributed by atoms with van der Waals surface area (Å²) in [7, 11) is 0. The van der Waals surface area contributed by atoms with Crippen LogP contribution < -0.4 is 16.2 Å². The van der Waals surface area contributed by atoms with E-state index >= 15 is 0 Å². The van der Waals surface area contributed by atoms with Crippen LogP contribution in [0.25, 0.3) is 0 Å². The van der Waals surface area contributed by atoms with E-state index in [1.165, 1.54) is 0 Å². The Hall–Kier alpha value is -0.910. The zero-order valence-electron chi connectivity index (χ0n) is 7.30. The first kappa shape index (κ1) is 10.2. The molecule has 0 unspecified atom stereocenters. The lowest BCUT2D eigenvalue weighted by atomic mass is 10.2. The molecule has 1 rings (SSSR count). The summed E-state index contributed by atoms with van der Waals surface area (Å²) in [5, 5.41) is 0. The van der Waals surface area contributed by atoms with Gasteiger partial charge in [-0.05, 0) is 47.7 Å². The van der Waals surface area contributed by atoms with Crippen molar-refractivity contribution in [2.45, 2.75) is 6.92 Å². The van der Waals surface area contributed by atoms with Crippen molar-refractivity contribution in [1.29, 1.82) is 0 Å². The number of aryl methyl sites for hydroxylation is 1. The first-order chi connectivity index (χ1) is 6.02. The Morgan fingerprint density at radius 2 is 2.15 bits per heavy atom. The van der Waals surface area contributed by atoms with Crippen molar-refractivity contribution >= 4 is 28.3 Å². The summed E-state index contributed by atoms with van der Waals surface area (Å²) in [6.45, 7) is 5.40. The summed E-state index contributed by atoms with van der Waals surface area (Å²) >= 11 is 2.12. The smallest absolute Gasteiger partial charge is 0.183 e. The molecular weight excluding hydrogens is 279 g/mol. The van der Waals surface area contributed by atoms with Gasteiger partial charge in [0.25, 0.3) is 0 Å². The summed E-state index contributed by atoms with van der Waals surface area (Å²) in [6, 6.07) is 3.71. The van der Waals surface area contributed by atoms with Gasteiger partial charge in [-0.15, -0.1) is 0 Å². The highest BCUT2D eigenvalue weighted by Crippen LogP contribution is 2.29. The van der Waals surface area contributed by atoms with Gasteiger partial charge in [-0.25, -0.2) is 0 Å². The number of nitrogen functional groups attached to an aromatic ring is 1. The highest BCUT2D eigenvalue weighted by atomic mass is 127. The van der Waals surface area contributed by atoms with Gasteiger partial charge in [-0.2, -0.15) is 0 Å². The van der Waals surface area contributed by atoms with Gasteiger partial charge >= 0.3 is 0 Å². The molecule has 0 heterocycles. The normalized spacial score (nSPS) is 9.69. The molecule has 0 aromatic heterocycles. The Balaban J connectivity index is 3.10. The molecular formula is C9H11IN2O. The second-order valence-corrected chi connectivity index (χ2v) is 3.76. The quantitative estimate of drug-likeness (QED) is 0.497. The zero-order chi connectivity index (χ0) is 10.0. The fourth-order valence-electron chi connectivity index (χ4n) is 0.890. The minimum atomic E-state index is 0.168. The fourth-order valence-corrected chi connectivity index (χ4v) is 1.60. The van der Waals surface area contributed by atoms with E-state index in [1.807, 2.05) is 19.1 Å². The maximum atomic E-state index is 5.80. The van der Waals surface area contributed by atoms with E-state index in [2.05, 4.69) is 29.2 Å². The lowest BCUT2D eigenvalue weighted by Crippen LogP contribution is -2.05. The van der Waals surface area contributed by atoms with Gasteiger partial charge in [-0.1, -0.05) is 6.07 Å². The summed E-state index contributed by atoms with van der Waals surface area (Å²) in [4.78, 5) is 0. The maximum absolute atomic E-state index is 5.80. The second-order valence-electron chi connectivity index (χ2n) is 2.68. The molecule has 1 aromatic rings. The van der Waals surface area contributed by atoms with E-state index in [4.69, 9.17) is 16.2 Å². The predicted molar refractivity (Wildman–Crippen MR) is 62.3 cm³/mol. The predicted octanol–water partition coefficient (Wildman–Crippen LogP) is 1.99. The van der Waals surface area contributed by atoms with Gasteiger partial charge in [-0.3, -0.25) is 0 Å². The SMILES string of the molecule is C=C(N)Oc1ccc(C)c(N)c1I. The number of ether oxygens (including phenoxy) is 1. The van der Waals surface area contributed by atoms with E-state index in [-0.39, 0.29) is 5.88 Å². The first-order valence-electron chi connectivity index (χ1n) is 3.69. The summed E-state index contributed by atoms with van der Waals surface area (Å²) in [5.41, 5.74) is 12.9. The van der Waals surface area contributed by atoms with Crippen LogP contribution in [0.3, 0.4) is 0 Å². The van der Waals surface area contributed by atoms with E-state index in [0.717, 1.165) is 14.8 Å². The van der Waals surface area contributed by atoms with Gasteiger partial charge in [0.15, 0.2) is 5.88 Å². The van der Waals surface area contributed by atoms with Gasteiger partial charge in [0.2, 0.25) is 0 Å². The standard InChI is InChI=1S/C9H11IN2O/c1-5-3-4-7(13-6(2)11)8(10)9(5)12/h3-4H,2,11-12H2,1H3. The number of anilines is 1. The molecule has 0 aliphatic heterocycles. The van der Waals surface area contributed by atoms with Crippen LogP contribution in [0.1, 0.15) is 5.56 Å². The van der Waals surface area contributed by atoms with Crippen LogP contribution in [-0.2, 0) is 0 Å². The molecule has 1 aromatic carbocycles. The third-order valence-electron chi connectivity index (χ3n) is 1.60. The molecule has 0 aliphatic rings. The van der Waals surface area contributed by atoms with Gasteiger partial charge in [0.05, 0.1) is 9.26 Å². The molecule has 0 atom stereocenters. The topological polar surface area (TPSA) is 61.3 Å². The molecule has 70 valence electrons.